The number of hydrogen-bond donors (Lipinski definition) is 0. The van der Waals surface area contributed by atoms with Crippen LogP contribution in [0, 0.1) is 11.8 Å². The molecule has 1 aliphatic rings. The summed E-state index contributed by atoms with van der Waals surface area (Å²) in [6, 6.07) is 3.84. The molecule has 2 rings (SSSR count). The van der Waals surface area contributed by atoms with Gasteiger partial charge in [0.05, 0.1) is 5.69 Å². The molecule has 0 amide bonds. The Morgan fingerprint density at radius 1 is 1.47 bits per heavy atom. The van der Waals surface area contributed by atoms with Crippen LogP contribution in [0.5, 0.6) is 0 Å². The van der Waals surface area contributed by atoms with Crippen LogP contribution < -0.4 is 0 Å². The molecule has 2 heteroatoms. The molecular formula is C13H19NO. The average Bonchev–Trinajstić information content (AvgIpc) is 2.69. The van der Waals surface area contributed by atoms with E-state index < -0.39 is 0 Å². The molecule has 0 spiro atoms. The van der Waals surface area contributed by atoms with Gasteiger partial charge in [0, 0.05) is 12.7 Å². The van der Waals surface area contributed by atoms with E-state index in [0.717, 1.165) is 30.4 Å². The summed E-state index contributed by atoms with van der Waals surface area (Å²) in [6.07, 6.45) is 8.37. The van der Waals surface area contributed by atoms with Crippen LogP contribution in [0.25, 0.3) is 0 Å². The minimum Gasteiger partial charge on any atom is -0.345 e. The zero-order chi connectivity index (χ0) is 10.7. The van der Waals surface area contributed by atoms with Gasteiger partial charge in [-0.2, -0.15) is 0 Å². The van der Waals surface area contributed by atoms with E-state index in [4.69, 9.17) is 0 Å². The lowest BCUT2D eigenvalue weighted by Crippen LogP contribution is -2.22. The Hall–Kier alpha value is -1.05. The van der Waals surface area contributed by atoms with Gasteiger partial charge >= 0.3 is 0 Å². The topological polar surface area (TPSA) is 22.0 Å². The van der Waals surface area contributed by atoms with E-state index in [-0.39, 0.29) is 0 Å². The van der Waals surface area contributed by atoms with E-state index in [0.29, 0.717) is 0 Å². The first-order valence-corrected chi connectivity index (χ1v) is 5.91. The van der Waals surface area contributed by atoms with Crippen LogP contribution in [0.3, 0.4) is 0 Å². The van der Waals surface area contributed by atoms with Crippen LogP contribution in [0.2, 0.25) is 0 Å². The molecule has 0 radical (unpaired) electrons. The van der Waals surface area contributed by atoms with Crippen molar-refractivity contribution in [1.29, 1.82) is 0 Å². The van der Waals surface area contributed by atoms with Crippen molar-refractivity contribution >= 4 is 6.29 Å². The van der Waals surface area contributed by atoms with Gasteiger partial charge in [0.15, 0.2) is 6.29 Å². The van der Waals surface area contributed by atoms with E-state index in [2.05, 4.69) is 11.5 Å². The van der Waals surface area contributed by atoms with Crippen molar-refractivity contribution < 1.29 is 4.79 Å². The predicted octanol–water partition coefficient (Wildman–Crippen LogP) is 3.13. The summed E-state index contributed by atoms with van der Waals surface area (Å²) in [5.41, 5.74) is 0.813. The maximum Gasteiger partial charge on any atom is 0.166 e. The van der Waals surface area contributed by atoms with Crippen molar-refractivity contribution in [2.24, 2.45) is 11.8 Å². The molecule has 0 aromatic carbocycles. The Labute approximate surface area is 91.3 Å². The lowest BCUT2D eigenvalue weighted by atomic mass is 9.80. The first-order chi connectivity index (χ1) is 7.31. The lowest BCUT2D eigenvalue weighted by molar-refractivity contribution is 0.111. The third-order valence-electron chi connectivity index (χ3n) is 3.71. The van der Waals surface area contributed by atoms with Gasteiger partial charge in [-0.05, 0) is 30.4 Å². The van der Waals surface area contributed by atoms with Gasteiger partial charge in [-0.3, -0.25) is 4.79 Å². The molecule has 1 aromatic rings. The standard InChI is InChI=1S/C13H19NO/c1-11-5-2-3-6-12(11)9-14-8-4-7-13(14)10-15/h4,7-8,10-12H,2-3,5-6,9H2,1H3. The van der Waals surface area contributed by atoms with E-state index in [9.17, 15) is 4.79 Å². The molecule has 0 bridgehead atoms. The lowest BCUT2D eigenvalue weighted by Gasteiger charge is -2.29. The van der Waals surface area contributed by atoms with Gasteiger partial charge in [0.2, 0.25) is 0 Å². The second-order valence-corrected chi connectivity index (χ2v) is 4.73. The molecule has 1 aliphatic carbocycles. The first kappa shape index (κ1) is 10.5. The van der Waals surface area contributed by atoms with Crippen molar-refractivity contribution in [2.75, 3.05) is 0 Å². The molecular weight excluding hydrogens is 186 g/mol. The van der Waals surface area contributed by atoms with Gasteiger partial charge in [-0.25, -0.2) is 0 Å². The molecule has 2 unspecified atom stereocenters. The maximum atomic E-state index is 10.8. The smallest absolute Gasteiger partial charge is 0.166 e. The zero-order valence-electron chi connectivity index (χ0n) is 9.36. The molecule has 0 N–H and O–H groups in total. The average molecular weight is 205 g/mol. The van der Waals surface area contributed by atoms with E-state index in [1.165, 1.54) is 25.7 Å². The van der Waals surface area contributed by atoms with Crippen molar-refractivity contribution in [2.45, 2.75) is 39.2 Å². The van der Waals surface area contributed by atoms with Gasteiger partial charge in [-0.1, -0.05) is 26.2 Å². The fraction of sp³-hybridized carbons (Fsp3) is 0.615. The van der Waals surface area contributed by atoms with Gasteiger partial charge < -0.3 is 4.57 Å². The van der Waals surface area contributed by atoms with Crippen molar-refractivity contribution in [3.63, 3.8) is 0 Å². The SMILES string of the molecule is CC1CCCCC1Cn1cccc1C=O. The number of carbonyl (C=O) groups excluding carboxylic acids is 1. The Kier molecular flexibility index (Phi) is 3.24. The molecule has 1 saturated carbocycles. The van der Waals surface area contributed by atoms with Crippen LogP contribution in [-0.4, -0.2) is 10.9 Å². The van der Waals surface area contributed by atoms with E-state index in [1.807, 2.05) is 18.3 Å². The highest BCUT2D eigenvalue weighted by molar-refractivity contribution is 5.72. The third kappa shape index (κ3) is 2.31. The molecule has 0 saturated heterocycles. The number of aldehydes is 1. The predicted molar refractivity (Wildman–Crippen MR) is 60.9 cm³/mol. The number of rotatable bonds is 3. The fourth-order valence-electron chi connectivity index (χ4n) is 2.62. The summed E-state index contributed by atoms with van der Waals surface area (Å²) in [4.78, 5) is 10.8. The van der Waals surface area contributed by atoms with Crippen LogP contribution in [0.15, 0.2) is 18.3 Å². The molecule has 1 heterocycles. The van der Waals surface area contributed by atoms with E-state index >= 15 is 0 Å². The highest BCUT2D eigenvalue weighted by atomic mass is 16.1. The molecule has 0 aliphatic heterocycles. The normalized spacial score (nSPS) is 26.5. The van der Waals surface area contributed by atoms with Gasteiger partial charge in [-0.15, -0.1) is 0 Å². The van der Waals surface area contributed by atoms with E-state index in [1.54, 1.807) is 0 Å². The van der Waals surface area contributed by atoms with Crippen molar-refractivity contribution in [3.05, 3.63) is 24.0 Å². The van der Waals surface area contributed by atoms with Crippen molar-refractivity contribution in [1.82, 2.24) is 4.57 Å². The first-order valence-electron chi connectivity index (χ1n) is 5.91. The Morgan fingerprint density at radius 2 is 2.27 bits per heavy atom. The highest BCUT2D eigenvalue weighted by Gasteiger charge is 2.21. The van der Waals surface area contributed by atoms with Crippen LogP contribution in [-0.2, 0) is 6.54 Å². The summed E-state index contributed by atoms with van der Waals surface area (Å²) in [5, 5.41) is 0. The summed E-state index contributed by atoms with van der Waals surface area (Å²) in [7, 11) is 0. The quantitative estimate of drug-likeness (QED) is 0.695. The van der Waals surface area contributed by atoms with Gasteiger partial charge in [0.1, 0.15) is 0 Å². The number of nitrogens with zero attached hydrogens (tertiary/aromatic N) is 1. The van der Waals surface area contributed by atoms with Crippen LogP contribution in [0.4, 0.5) is 0 Å². The van der Waals surface area contributed by atoms with Crippen LogP contribution in [0.1, 0.15) is 43.1 Å². The Morgan fingerprint density at radius 3 is 3.00 bits per heavy atom. The molecule has 15 heavy (non-hydrogen) atoms. The minimum absolute atomic E-state index is 0.754. The number of hydrogen-bond acceptors (Lipinski definition) is 1. The fourth-order valence-corrected chi connectivity index (χ4v) is 2.62. The van der Waals surface area contributed by atoms with Crippen LogP contribution >= 0.6 is 0 Å². The molecule has 82 valence electrons. The summed E-state index contributed by atoms with van der Waals surface area (Å²) in [5.74, 6) is 1.56. The largest absolute Gasteiger partial charge is 0.345 e. The summed E-state index contributed by atoms with van der Waals surface area (Å²) >= 11 is 0. The Balaban J connectivity index is 2.04. The Bertz CT molecular complexity index is 329. The highest BCUT2D eigenvalue weighted by Crippen LogP contribution is 2.30. The number of carbonyl (C=O) groups is 1. The summed E-state index contributed by atoms with van der Waals surface area (Å²) in [6.45, 7) is 3.36. The molecule has 2 atom stereocenters. The minimum atomic E-state index is 0.754. The third-order valence-corrected chi connectivity index (χ3v) is 3.71. The molecule has 1 fully saturated rings. The maximum absolute atomic E-state index is 10.8. The molecule has 1 aromatic heterocycles. The molecule has 2 nitrogen and oxygen atoms in total. The number of aromatic nitrogens is 1. The second-order valence-electron chi connectivity index (χ2n) is 4.73. The van der Waals surface area contributed by atoms with Gasteiger partial charge in [0.25, 0.3) is 0 Å². The van der Waals surface area contributed by atoms with Crippen molar-refractivity contribution in [3.8, 4) is 0 Å². The zero-order valence-corrected chi connectivity index (χ0v) is 9.36. The summed E-state index contributed by atoms with van der Waals surface area (Å²) < 4.78 is 2.10. The monoisotopic (exact) mass is 205 g/mol. The second kappa shape index (κ2) is 4.65.